The summed E-state index contributed by atoms with van der Waals surface area (Å²) in [5.74, 6) is 2.70. The quantitative estimate of drug-likeness (QED) is 0.688. The zero-order chi connectivity index (χ0) is 18.6. The second kappa shape index (κ2) is 7.49. The van der Waals surface area contributed by atoms with Gasteiger partial charge >= 0.3 is 0 Å². The van der Waals surface area contributed by atoms with E-state index in [0.29, 0.717) is 29.1 Å². The van der Waals surface area contributed by atoms with Crippen molar-refractivity contribution < 1.29 is 18.8 Å². The molecule has 138 valence electrons. The average molecular weight is 365 g/mol. The first kappa shape index (κ1) is 17.1. The summed E-state index contributed by atoms with van der Waals surface area (Å²) in [4.78, 5) is 16.6. The van der Waals surface area contributed by atoms with Crippen LogP contribution in [-0.2, 0) is 4.79 Å². The number of nitrogens with zero attached hydrogens (tertiary/aromatic N) is 2. The molecule has 0 saturated heterocycles. The van der Waals surface area contributed by atoms with E-state index in [1.54, 1.807) is 37.4 Å². The van der Waals surface area contributed by atoms with Crippen LogP contribution < -0.4 is 14.8 Å². The Morgan fingerprint density at radius 3 is 2.70 bits per heavy atom. The lowest BCUT2D eigenvalue weighted by Crippen LogP contribution is -2.20. The Hall–Kier alpha value is -3.35. The van der Waals surface area contributed by atoms with Crippen LogP contribution in [0.3, 0.4) is 0 Å². The number of rotatable bonds is 7. The van der Waals surface area contributed by atoms with Gasteiger partial charge < -0.3 is 19.3 Å². The van der Waals surface area contributed by atoms with Crippen molar-refractivity contribution in [3.05, 3.63) is 54.4 Å². The van der Waals surface area contributed by atoms with Crippen LogP contribution in [-0.4, -0.2) is 29.8 Å². The molecule has 4 rings (SSSR count). The number of ether oxygens (including phenoxy) is 2. The summed E-state index contributed by atoms with van der Waals surface area (Å²) in [6.07, 6.45) is 2.21. The summed E-state index contributed by atoms with van der Waals surface area (Å²) in [7, 11) is 1.60. The highest BCUT2D eigenvalue weighted by molar-refractivity contribution is 5.92. The third-order valence-electron chi connectivity index (χ3n) is 4.20. The lowest BCUT2D eigenvalue weighted by atomic mass is 10.2. The molecule has 1 saturated carbocycles. The molecule has 1 aliphatic rings. The molecule has 0 radical (unpaired) electrons. The maximum Gasteiger partial charge on any atom is 0.262 e. The number of carbonyl (C=O) groups is 1. The molecular formula is C20H19N3O4. The number of hydrogen-bond donors (Lipinski definition) is 1. The van der Waals surface area contributed by atoms with Crippen molar-refractivity contribution in [3.63, 3.8) is 0 Å². The van der Waals surface area contributed by atoms with E-state index >= 15 is 0 Å². The van der Waals surface area contributed by atoms with E-state index in [4.69, 9.17) is 14.0 Å². The second-order valence-corrected chi connectivity index (χ2v) is 6.32. The van der Waals surface area contributed by atoms with Gasteiger partial charge in [-0.3, -0.25) is 4.79 Å². The molecule has 7 nitrogen and oxygen atoms in total. The Labute approximate surface area is 156 Å². The first-order chi connectivity index (χ1) is 13.2. The smallest absolute Gasteiger partial charge is 0.262 e. The maximum absolute atomic E-state index is 12.1. The molecule has 1 fully saturated rings. The van der Waals surface area contributed by atoms with E-state index in [9.17, 15) is 4.79 Å². The number of benzene rings is 2. The van der Waals surface area contributed by atoms with Gasteiger partial charge in [0.2, 0.25) is 11.7 Å². The fraction of sp³-hybridized carbons (Fsp3) is 0.250. The largest absolute Gasteiger partial charge is 0.497 e. The monoisotopic (exact) mass is 365 g/mol. The molecule has 0 unspecified atom stereocenters. The fourth-order valence-electron chi connectivity index (χ4n) is 2.60. The normalized spacial score (nSPS) is 13.2. The highest BCUT2D eigenvalue weighted by atomic mass is 16.5. The van der Waals surface area contributed by atoms with Gasteiger partial charge in [0.1, 0.15) is 11.5 Å². The van der Waals surface area contributed by atoms with Crippen molar-refractivity contribution in [2.75, 3.05) is 19.0 Å². The number of hydrogen-bond acceptors (Lipinski definition) is 6. The fourth-order valence-corrected chi connectivity index (χ4v) is 2.60. The Kier molecular flexibility index (Phi) is 4.74. The van der Waals surface area contributed by atoms with Gasteiger partial charge in [-0.2, -0.15) is 4.98 Å². The number of anilines is 1. The van der Waals surface area contributed by atoms with Gasteiger partial charge in [-0.25, -0.2) is 0 Å². The second-order valence-electron chi connectivity index (χ2n) is 6.32. The number of methoxy groups -OCH3 is 1. The number of carbonyl (C=O) groups excluding carboxylic acids is 1. The molecule has 0 aliphatic heterocycles. The molecule has 27 heavy (non-hydrogen) atoms. The minimum atomic E-state index is -0.255. The minimum absolute atomic E-state index is 0.0927. The van der Waals surface area contributed by atoms with Crippen molar-refractivity contribution in [3.8, 4) is 22.9 Å². The zero-order valence-electron chi connectivity index (χ0n) is 14.8. The minimum Gasteiger partial charge on any atom is -0.497 e. The van der Waals surface area contributed by atoms with E-state index in [-0.39, 0.29) is 12.5 Å². The van der Waals surface area contributed by atoms with Crippen molar-refractivity contribution in [2.24, 2.45) is 0 Å². The van der Waals surface area contributed by atoms with Crippen LogP contribution in [0.4, 0.5) is 5.69 Å². The van der Waals surface area contributed by atoms with Gasteiger partial charge in [0.15, 0.2) is 6.61 Å². The standard InChI is InChI=1S/C20H19N3O4/c1-25-16-7-9-17(10-8-16)26-12-18(24)21-15-4-2-3-14(11-15)19-22-20(27-23-19)13-5-6-13/h2-4,7-11,13H,5-6,12H2,1H3,(H,21,24). The van der Waals surface area contributed by atoms with Crippen LogP contribution in [0.25, 0.3) is 11.4 Å². The van der Waals surface area contributed by atoms with Crippen LogP contribution >= 0.6 is 0 Å². The first-order valence-electron chi connectivity index (χ1n) is 8.72. The predicted octanol–water partition coefficient (Wildman–Crippen LogP) is 3.64. The van der Waals surface area contributed by atoms with Gasteiger partial charge in [-0.05, 0) is 49.2 Å². The maximum atomic E-state index is 12.1. The van der Waals surface area contributed by atoms with Gasteiger partial charge in [-0.15, -0.1) is 0 Å². The van der Waals surface area contributed by atoms with Gasteiger partial charge in [0, 0.05) is 17.2 Å². The molecule has 3 aromatic rings. The topological polar surface area (TPSA) is 86.5 Å². The molecule has 1 aromatic heterocycles. The first-order valence-corrected chi connectivity index (χ1v) is 8.72. The lowest BCUT2D eigenvalue weighted by Gasteiger charge is -2.08. The molecular weight excluding hydrogens is 346 g/mol. The molecule has 1 heterocycles. The van der Waals surface area contributed by atoms with E-state index in [2.05, 4.69) is 15.5 Å². The lowest BCUT2D eigenvalue weighted by molar-refractivity contribution is -0.118. The molecule has 7 heteroatoms. The predicted molar refractivity (Wildman–Crippen MR) is 98.8 cm³/mol. The van der Waals surface area contributed by atoms with E-state index in [1.165, 1.54) is 0 Å². The molecule has 0 atom stereocenters. The number of nitrogens with one attached hydrogen (secondary N) is 1. The van der Waals surface area contributed by atoms with Gasteiger partial charge in [0.25, 0.3) is 5.91 Å². The van der Waals surface area contributed by atoms with E-state index in [0.717, 1.165) is 24.2 Å². The average Bonchev–Trinajstić information content (AvgIpc) is 3.43. The summed E-state index contributed by atoms with van der Waals surface area (Å²) in [6, 6.07) is 14.4. The Morgan fingerprint density at radius 1 is 1.19 bits per heavy atom. The third-order valence-corrected chi connectivity index (χ3v) is 4.20. The Morgan fingerprint density at radius 2 is 1.96 bits per heavy atom. The SMILES string of the molecule is COc1ccc(OCC(=O)Nc2cccc(-c3noc(C4CC4)n3)c2)cc1. The van der Waals surface area contributed by atoms with E-state index < -0.39 is 0 Å². The highest BCUT2D eigenvalue weighted by Crippen LogP contribution is 2.39. The van der Waals surface area contributed by atoms with E-state index in [1.807, 2.05) is 18.2 Å². The number of aromatic nitrogens is 2. The van der Waals surface area contributed by atoms with Crippen LogP contribution in [0.1, 0.15) is 24.7 Å². The van der Waals surface area contributed by atoms with Crippen molar-refractivity contribution in [1.29, 1.82) is 0 Å². The summed E-state index contributed by atoms with van der Waals surface area (Å²) < 4.78 is 15.9. The summed E-state index contributed by atoms with van der Waals surface area (Å²) in [6.45, 7) is -0.0927. The summed E-state index contributed by atoms with van der Waals surface area (Å²) in [5, 5.41) is 6.84. The summed E-state index contributed by atoms with van der Waals surface area (Å²) in [5.41, 5.74) is 1.44. The third kappa shape index (κ3) is 4.25. The highest BCUT2D eigenvalue weighted by Gasteiger charge is 2.29. The van der Waals surface area contributed by atoms with Crippen LogP contribution in [0.2, 0.25) is 0 Å². The summed E-state index contributed by atoms with van der Waals surface area (Å²) >= 11 is 0. The molecule has 1 amide bonds. The molecule has 1 aliphatic carbocycles. The Bertz CT molecular complexity index is 932. The van der Waals surface area contributed by atoms with Crippen LogP contribution in [0, 0.1) is 0 Å². The van der Waals surface area contributed by atoms with Crippen molar-refractivity contribution >= 4 is 11.6 Å². The Balaban J connectivity index is 1.36. The molecule has 1 N–H and O–H groups in total. The molecule has 0 spiro atoms. The van der Waals surface area contributed by atoms with Crippen molar-refractivity contribution in [1.82, 2.24) is 10.1 Å². The van der Waals surface area contributed by atoms with Crippen LogP contribution in [0.15, 0.2) is 53.1 Å². The van der Waals surface area contributed by atoms with Gasteiger partial charge in [0.05, 0.1) is 7.11 Å². The zero-order valence-corrected chi connectivity index (χ0v) is 14.8. The number of amides is 1. The van der Waals surface area contributed by atoms with Gasteiger partial charge in [-0.1, -0.05) is 17.3 Å². The van der Waals surface area contributed by atoms with Crippen molar-refractivity contribution in [2.45, 2.75) is 18.8 Å². The van der Waals surface area contributed by atoms with Crippen LogP contribution in [0.5, 0.6) is 11.5 Å². The molecule has 0 bridgehead atoms. The molecule has 2 aromatic carbocycles.